The van der Waals surface area contributed by atoms with Crippen molar-refractivity contribution in [1.82, 2.24) is 0 Å². The SMILES string of the molecule is CC(=O)c1ccc(OC(F)F)c(N(O)C(=O)c2ccccc2C(C)=O)c1. The van der Waals surface area contributed by atoms with Gasteiger partial charge in [-0.15, -0.1) is 0 Å². The lowest BCUT2D eigenvalue weighted by Crippen LogP contribution is -2.29. The summed E-state index contributed by atoms with van der Waals surface area (Å²) in [5.74, 6) is -2.35. The van der Waals surface area contributed by atoms with Crippen LogP contribution in [0, 0.1) is 0 Å². The minimum atomic E-state index is -3.20. The number of Topliss-reactive ketones (excluding diaryl/α,β-unsaturated/α-hetero) is 2. The van der Waals surface area contributed by atoms with Gasteiger partial charge in [-0.2, -0.15) is 13.8 Å². The summed E-state index contributed by atoms with van der Waals surface area (Å²) in [7, 11) is 0. The first-order valence-electron chi connectivity index (χ1n) is 7.45. The topological polar surface area (TPSA) is 83.9 Å². The smallest absolute Gasteiger partial charge is 0.387 e. The Hall–Kier alpha value is -3.13. The molecule has 0 unspecified atom stereocenters. The van der Waals surface area contributed by atoms with Crippen LogP contribution in [0.25, 0.3) is 0 Å². The van der Waals surface area contributed by atoms with Crippen LogP contribution in [0.1, 0.15) is 44.9 Å². The van der Waals surface area contributed by atoms with Crippen LogP contribution in [0.2, 0.25) is 0 Å². The third kappa shape index (κ3) is 4.09. The molecule has 0 saturated heterocycles. The first-order valence-corrected chi connectivity index (χ1v) is 7.45. The van der Waals surface area contributed by atoms with Crippen molar-refractivity contribution in [2.45, 2.75) is 20.5 Å². The van der Waals surface area contributed by atoms with E-state index in [4.69, 9.17) is 0 Å². The van der Waals surface area contributed by atoms with Gasteiger partial charge in [-0.05, 0) is 38.1 Å². The molecule has 0 atom stereocenters. The minimum Gasteiger partial charge on any atom is -0.433 e. The summed E-state index contributed by atoms with van der Waals surface area (Å²) >= 11 is 0. The fraction of sp³-hybridized carbons (Fsp3) is 0.167. The van der Waals surface area contributed by atoms with E-state index in [0.717, 1.165) is 12.1 Å². The van der Waals surface area contributed by atoms with E-state index in [2.05, 4.69) is 4.74 Å². The number of carbonyl (C=O) groups excluding carboxylic acids is 3. The number of anilines is 1. The van der Waals surface area contributed by atoms with Crippen LogP contribution in [-0.2, 0) is 0 Å². The number of hydrogen-bond acceptors (Lipinski definition) is 5. The number of ether oxygens (including phenoxy) is 1. The molecular formula is C18H15F2NO5. The molecule has 0 fully saturated rings. The molecule has 6 nitrogen and oxygen atoms in total. The van der Waals surface area contributed by atoms with Crippen molar-refractivity contribution < 1.29 is 33.1 Å². The summed E-state index contributed by atoms with van der Waals surface area (Å²) < 4.78 is 29.5. The van der Waals surface area contributed by atoms with E-state index in [0.29, 0.717) is 0 Å². The first-order chi connectivity index (χ1) is 12.2. The van der Waals surface area contributed by atoms with E-state index in [1.54, 1.807) is 0 Å². The third-order valence-electron chi connectivity index (χ3n) is 3.54. The van der Waals surface area contributed by atoms with Crippen molar-refractivity contribution >= 4 is 23.2 Å². The summed E-state index contributed by atoms with van der Waals surface area (Å²) in [6.45, 7) is -0.721. The van der Waals surface area contributed by atoms with Crippen LogP contribution in [-0.4, -0.2) is 29.3 Å². The zero-order chi connectivity index (χ0) is 19.4. The van der Waals surface area contributed by atoms with Gasteiger partial charge in [0.05, 0.1) is 5.56 Å². The Kier molecular flexibility index (Phi) is 5.78. The van der Waals surface area contributed by atoms with Gasteiger partial charge in [-0.1, -0.05) is 18.2 Å². The lowest BCUT2D eigenvalue weighted by Gasteiger charge is -2.20. The number of alkyl halides is 2. The van der Waals surface area contributed by atoms with Crippen molar-refractivity contribution in [3.8, 4) is 5.75 Å². The van der Waals surface area contributed by atoms with E-state index >= 15 is 0 Å². The van der Waals surface area contributed by atoms with E-state index in [1.807, 2.05) is 0 Å². The third-order valence-corrected chi connectivity index (χ3v) is 3.54. The molecule has 2 aromatic carbocycles. The highest BCUT2D eigenvalue weighted by atomic mass is 19.3. The Balaban J connectivity index is 2.52. The van der Waals surface area contributed by atoms with Crippen molar-refractivity contribution in [2.24, 2.45) is 0 Å². The van der Waals surface area contributed by atoms with Crippen molar-refractivity contribution in [1.29, 1.82) is 0 Å². The molecule has 1 N–H and O–H groups in total. The monoisotopic (exact) mass is 363 g/mol. The minimum absolute atomic E-state index is 0.0515. The second-order valence-electron chi connectivity index (χ2n) is 5.34. The summed E-state index contributed by atoms with van der Waals surface area (Å²) in [4.78, 5) is 35.8. The van der Waals surface area contributed by atoms with Gasteiger partial charge in [0, 0.05) is 11.1 Å². The van der Waals surface area contributed by atoms with Crippen LogP contribution in [0.5, 0.6) is 5.75 Å². The Morgan fingerprint density at radius 2 is 1.62 bits per heavy atom. The van der Waals surface area contributed by atoms with Gasteiger partial charge in [0.2, 0.25) is 0 Å². The maximum absolute atomic E-state index is 12.6. The largest absolute Gasteiger partial charge is 0.433 e. The molecule has 0 aromatic heterocycles. The first kappa shape index (κ1) is 19.2. The summed E-state index contributed by atoms with van der Waals surface area (Å²) in [5.41, 5.74) is -0.441. The predicted molar refractivity (Wildman–Crippen MR) is 88.1 cm³/mol. The zero-order valence-corrected chi connectivity index (χ0v) is 13.9. The Labute approximate surface area is 147 Å². The number of hydroxylamine groups is 1. The number of benzene rings is 2. The van der Waals surface area contributed by atoms with E-state index < -0.39 is 35.5 Å². The van der Waals surface area contributed by atoms with Crippen LogP contribution in [0.3, 0.4) is 0 Å². The second kappa shape index (κ2) is 7.83. The molecule has 0 saturated carbocycles. The van der Waals surface area contributed by atoms with Crippen LogP contribution in [0.4, 0.5) is 14.5 Å². The number of amides is 1. The van der Waals surface area contributed by atoms with Crippen molar-refractivity contribution in [2.75, 3.05) is 5.06 Å². The number of nitrogens with zero attached hydrogens (tertiary/aromatic N) is 1. The van der Waals surface area contributed by atoms with Gasteiger partial charge in [-0.25, -0.2) is 0 Å². The number of hydrogen-bond donors (Lipinski definition) is 1. The van der Waals surface area contributed by atoms with E-state index in [9.17, 15) is 28.4 Å². The van der Waals surface area contributed by atoms with Gasteiger partial charge in [0.25, 0.3) is 5.91 Å². The zero-order valence-electron chi connectivity index (χ0n) is 13.9. The molecule has 0 bridgehead atoms. The second-order valence-corrected chi connectivity index (χ2v) is 5.34. The molecule has 0 aliphatic carbocycles. The number of halogens is 2. The number of rotatable bonds is 6. The molecule has 2 aromatic rings. The highest BCUT2D eigenvalue weighted by molar-refractivity contribution is 6.12. The summed E-state index contributed by atoms with van der Waals surface area (Å²) in [6, 6.07) is 9.05. The molecule has 0 radical (unpaired) electrons. The molecule has 0 heterocycles. The Morgan fingerprint density at radius 1 is 1.00 bits per heavy atom. The molecule has 2 rings (SSSR count). The molecule has 26 heavy (non-hydrogen) atoms. The molecular weight excluding hydrogens is 348 g/mol. The summed E-state index contributed by atoms with van der Waals surface area (Å²) in [5, 5.41) is 10.4. The van der Waals surface area contributed by atoms with Crippen molar-refractivity contribution in [3.05, 3.63) is 59.2 Å². The van der Waals surface area contributed by atoms with E-state index in [1.165, 1.54) is 44.2 Å². The van der Waals surface area contributed by atoms with Gasteiger partial charge >= 0.3 is 6.61 Å². The van der Waals surface area contributed by atoms with Gasteiger partial charge < -0.3 is 4.74 Å². The Bertz CT molecular complexity index is 866. The van der Waals surface area contributed by atoms with E-state index in [-0.39, 0.29) is 21.8 Å². The molecule has 0 spiro atoms. The highest BCUT2D eigenvalue weighted by Crippen LogP contribution is 2.31. The van der Waals surface area contributed by atoms with Crippen LogP contribution in [0.15, 0.2) is 42.5 Å². The maximum atomic E-state index is 12.6. The molecule has 0 aliphatic rings. The fourth-order valence-electron chi connectivity index (χ4n) is 2.30. The van der Waals surface area contributed by atoms with Crippen LogP contribution >= 0.6 is 0 Å². The molecule has 136 valence electrons. The van der Waals surface area contributed by atoms with Gasteiger partial charge in [-0.3, -0.25) is 19.6 Å². The number of carbonyl (C=O) groups is 3. The average molecular weight is 363 g/mol. The number of ketones is 2. The van der Waals surface area contributed by atoms with Crippen molar-refractivity contribution in [3.63, 3.8) is 0 Å². The van der Waals surface area contributed by atoms with Crippen LogP contribution < -0.4 is 9.80 Å². The highest BCUT2D eigenvalue weighted by Gasteiger charge is 2.25. The standard InChI is InChI=1S/C18H15F2NO5/c1-10(22)12-7-8-16(26-18(19)20)15(9-12)21(25)17(24)14-6-4-3-5-13(14)11(2)23/h3-9,18,25H,1-2H3. The maximum Gasteiger partial charge on any atom is 0.387 e. The molecule has 0 aliphatic heterocycles. The Morgan fingerprint density at radius 3 is 2.15 bits per heavy atom. The van der Waals surface area contributed by atoms with Gasteiger partial charge in [0.1, 0.15) is 5.69 Å². The predicted octanol–water partition coefficient (Wildman–Crippen LogP) is 3.73. The quantitative estimate of drug-likeness (QED) is 0.480. The lowest BCUT2D eigenvalue weighted by atomic mass is 10.0. The average Bonchev–Trinajstić information content (AvgIpc) is 2.60. The van der Waals surface area contributed by atoms with Gasteiger partial charge in [0.15, 0.2) is 17.3 Å². The molecule has 8 heteroatoms. The normalized spacial score (nSPS) is 10.5. The summed E-state index contributed by atoms with van der Waals surface area (Å²) in [6.07, 6.45) is 0. The molecule has 1 amide bonds. The lowest BCUT2D eigenvalue weighted by molar-refractivity contribution is -0.0498. The fourth-order valence-corrected chi connectivity index (χ4v) is 2.30.